The molecule has 0 bridgehead atoms. The van der Waals surface area contributed by atoms with Crippen LogP contribution in [-0.2, 0) is 25.7 Å². The van der Waals surface area contributed by atoms with Crippen molar-refractivity contribution in [3.63, 3.8) is 0 Å². The average Bonchev–Trinajstić information content (AvgIpc) is 2.88. The number of aryl methyl sites for hydroxylation is 4. The van der Waals surface area contributed by atoms with Crippen molar-refractivity contribution in [3.05, 3.63) is 107 Å². The number of methoxy groups -OCH3 is 1. The van der Waals surface area contributed by atoms with Gasteiger partial charge in [-0.25, -0.2) is 9.97 Å². The van der Waals surface area contributed by atoms with Crippen LogP contribution in [0.25, 0.3) is 11.3 Å². The first kappa shape index (κ1) is 20.9. The number of rotatable bonds is 6. The Morgan fingerprint density at radius 2 is 1.67 bits per heavy atom. The van der Waals surface area contributed by atoms with Gasteiger partial charge in [0.1, 0.15) is 5.75 Å². The predicted octanol–water partition coefficient (Wildman–Crippen LogP) is 5.29. The van der Waals surface area contributed by atoms with Crippen LogP contribution in [0.2, 0.25) is 0 Å². The van der Waals surface area contributed by atoms with Crippen LogP contribution >= 0.6 is 0 Å². The summed E-state index contributed by atoms with van der Waals surface area (Å²) in [5, 5.41) is 3.02. The van der Waals surface area contributed by atoms with Gasteiger partial charge < -0.3 is 10.1 Å². The van der Waals surface area contributed by atoms with E-state index in [0.29, 0.717) is 17.8 Å². The third-order valence-corrected chi connectivity index (χ3v) is 6.00. The molecule has 0 unspecified atom stereocenters. The van der Waals surface area contributed by atoms with Gasteiger partial charge in [0.05, 0.1) is 24.2 Å². The van der Waals surface area contributed by atoms with E-state index in [-0.39, 0.29) is 5.91 Å². The number of carbonyl (C=O) groups excluding carboxylic acids is 1. The van der Waals surface area contributed by atoms with Crippen LogP contribution in [-0.4, -0.2) is 23.0 Å². The smallest absolute Gasteiger partial charge is 0.256 e. The number of fused-ring (bicyclic) bond motifs is 3. The lowest BCUT2D eigenvalue weighted by Gasteiger charge is -2.21. The maximum Gasteiger partial charge on any atom is 0.256 e. The van der Waals surface area contributed by atoms with E-state index in [9.17, 15) is 4.79 Å². The summed E-state index contributed by atoms with van der Waals surface area (Å²) >= 11 is 0. The molecule has 3 aromatic carbocycles. The maximum absolute atomic E-state index is 12.9. The lowest BCUT2D eigenvalue weighted by molar-refractivity contribution is 0.102. The molecule has 1 aliphatic rings. The molecule has 0 radical (unpaired) electrons. The van der Waals surface area contributed by atoms with Gasteiger partial charge in [0.2, 0.25) is 0 Å². The zero-order valence-electron chi connectivity index (χ0n) is 18.5. The zero-order chi connectivity index (χ0) is 22.6. The van der Waals surface area contributed by atoms with E-state index in [1.807, 2.05) is 42.5 Å². The van der Waals surface area contributed by atoms with Crippen LogP contribution in [0.3, 0.4) is 0 Å². The van der Waals surface area contributed by atoms with E-state index >= 15 is 0 Å². The topological polar surface area (TPSA) is 64.1 Å². The Balaban J connectivity index is 1.52. The Kier molecular flexibility index (Phi) is 5.85. The minimum atomic E-state index is -0.174. The van der Waals surface area contributed by atoms with E-state index in [4.69, 9.17) is 14.7 Å². The molecule has 1 heterocycles. The largest absolute Gasteiger partial charge is 0.497 e. The molecule has 0 saturated carbocycles. The van der Waals surface area contributed by atoms with Crippen LogP contribution in [0.1, 0.15) is 32.9 Å². The molecule has 33 heavy (non-hydrogen) atoms. The highest BCUT2D eigenvalue weighted by atomic mass is 16.5. The summed E-state index contributed by atoms with van der Waals surface area (Å²) in [5.41, 5.74) is 6.74. The third kappa shape index (κ3) is 4.48. The quantitative estimate of drug-likeness (QED) is 0.447. The number of hydrogen-bond donors (Lipinski definition) is 1. The number of aromatic nitrogens is 2. The summed E-state index contributed by atoms with van der Waals surface area (Å²) in [4.78, 5) is 22.8. The Morgan fingerprint density at radius 1 is 0.909 bits per heavy atom. The Labute approximate surface area is 193 Å². The van der Waals surface area contributed by atoms with E-state index in [2.05, 4.69) is 29.6 Å². The number of anilines is 1. The van der Waals surface area contributed by atoms with Gasteiger partial charge in [0, 0.05) is 11.1 Å². The number of ether oxygens (including phenoxy) is 1. The summed E-state index contributed by atoms with van der Waals surface area (Å²) in [5.74, 6) is 1.23. The van der Waals surface area contributed by atoms with E-state index < -0.39 is 0 Å². The summed E-state index contributed by atoms with van der Waals surface area (Å²) in [6, 6.07) is 25.6. The van der Waals surface area contributed by atoms with E-state index in [1.54, 1.807) is 19.2 Å². The fourth-order valence-corrected chi connectivity index (χ4v) is 4.23. The lowest BCUT2D eigenvalue weighted by Crippen LogP contribution is -2.18. The van der Waals surface area contributed by atoms with E-state index in [0.717, 1.165) is 47.7 Å². The first-order valence-corrected chi connectivity index (χ1v) is 11.2. The molecule has 0 spiro atoms. The van der Waals surface area contributed by atoms with Gasteiger partial charge >= 0.3 is 0 Å². The Hall–Kier alpha value is -3.99. The van der Waals surface area contributed by atoms with Crippen LogP contribution in [0.5, 0.6) is 5.75 Å². The molecule has 5 nitrogen and oxygen atoms in total. The van der Waals surface area contributed by atoms with Crippen molar-refractivity contribution in [1.82, 2.24) is 9.97 Å². The summed E-state index contributed by atoms with van der Waals surface area (Å²) in [7, 11) is 1.68. The standard InChI is InChI=1S/C28H25N3O2/c1-33-22-14-15-23-21(18-22)13-17-24-26(23)29-25(16-12-19-8-4-2-5-9-19)27(30-24)31-28(32)20-10-6-3-7-11-20/h2-11,14-15,18H,12-13,16-17H2,1H3,(H,30,31,32). The minimum Gasteiger partial charge on any atom is -0.497 e. The second kappa shape index (κ2) is 9.25. The second-order valence-electron chi connectivity index (χ2n) is 8.14. The Bertz CT molecular complexity index is 1290. The first-order chi connectivity index (χ1) is 16.2. The first-order valence-electron chi connectivity index (χ1n) is 11.2. The number of benzene rings is 3. The number of nitrogens with zero attached hydrogens (tertiary/aromatic N) is 2. The van der Waals surface area contributed by atoms with Crippen LogP contribution in [0, 0.1) is 0 Å². The highest BCUT2D eigenvalue weighted by Crippen LogP contribution is 2.35. The maximum atomic E-state index is 12.9. The zero-order valence-corrected chi connectivity index (χ0v) is 18.5. The fraction of sp³-hybridized carbons (Fsp3) is 0.179. The van der Waals surface area contributed by atoms with Crippen molar-refractivity contribution in [3.8, 4) is 17.0 Å². The molecule has 1 aliphatic carbocycles. The molecule has 164 valence electrons. The summed E-state index contributed by atoms with van der Waals surface area (Å²) in [6.45, 7) is 0. The number of amides is 1. The van der Waals surface area contributed by atoms with Gasteiger partial charge in [-0.05, 0) is 67.1 Å². The highest BCUT2D eigenvalue weighted by molar-refractivity contribution is 6.04. The van der Waals surface area contributed by atoms with Crippen molar-refractivity contribution in [1.29, 1.82) is 0 Å². The van der Waals surface area contributed by atoms with Gasteiger partial charge in [-0.3, -0.25) is 4.79 Å². The summed E-state index contributed by atoms with van der Waals surface area (Å²) in [6.07, 6.45) is 3.14. The van der Waals surface area contributed by atoms with Crippen LogP contribution < -0.4 is 10.1 Å². The molecule has 1 aromatic heterocycles. The SMILES string of the molecule is COc1ccc2c(c1)CCc1nc(NC(=O)c3ccccc3)c(CCc3ccccc3)nc1-2. The van der Waals surface area contributed by atoms with Crippen molar-refractivity contribution in [2.75, 3.05) is 12.4 Å². The van der Waals surface area contributed by atoms with Gasteiger partial charge in [-0.2, -0.15) is 0 Å². The monoisotopic (exact) mass is 435 g/mol. The predicted molar refractivity (Wildman–Crippen MR) is 130 cm³/mol. The van der Waals surface area contributed by atoms with Gasteiger partial charge in [-0.1, -0.05) is 48.5 Å². The van der Waals surface area contributed by atoms with Crippen LogP contribution in [0.4, 0.5) is 5.82 Å². The third-order valence-electron chi connectivity index (χ3n) is 6.00. The minimum absolute atomic E-state index is 0.174. The highest BCUT2D eigenvalue weighted by Gasteiger charge is 2.23. The second-order valence-corrected chi connectivity index (χ2v) is 8.14. The molecule has 0 saturated heterocycles. The molecule has 0 fully saturated rings. The van der Waals surface area contributed by atoms with Crippen molar-refractivity contribution in [2.45, 2.75) is 25.7 Å². The van der Waals surface area contributed by atoms with Crippen molar-refractivity contribution < 1.29 is 9.53 Å². The number of carbonyl (C=O) groups is 1. The molecule has 5 heteroatoms. The molecule has 1 amide bonds. The molecule has 1 N–H and O–H groups in total. The van der Waals surface area contributed by atoms with Crippen molar-refractivity contribution >= 4 is 11.7 Å². The lowest BCUT2D eigenvalue weighted by atomic mass is 9.91. The normalized spacial score (nSPS) is 11.9. The Morgan fingerprint density at radius 3 is 2.42 bits per heavy atom. The van der Waals surface area contributed by atoms with Gasteiger partial charge in [-0.15, -0.1) is 0 Å². The number of nitrogens with one attached hydrogen (secondary N) is 1. The fourth-order valence-electron chi connectivity index (χ4n) is 4.23. The summed E-state index contributed by atoms with van der Waals surface area (Å²) < 4.78 is 5.40. The van der Waals surface area contributed by atoms with E-state index in [1.165, 1.54) is 11.1 Å². The molecule has 0 aliphatic heterocycles. The number of hydrogen-bond acceptors (Lipinski definition) is 4. The van der Waals surface area contributed by atoms with Gasteiger partial charge in [0.15, 0.2) is 5.82 Å². The van der Waals surface area contributed by atoms with Gasteiger partial charge in [0.25, 0.3) is 5.91 Å². The van der Waals surface area contributed by atoms with Crippen LogP contribution in [0.15, 0.2) is 78.9 Å². The molecular formula is C28H25N3O2. The molecular weight excluding hydrogens is 410 g/mol. The molecule has 0 atom stereocenters. The molecule has 4 aromatic rings. The molecule has 5 rings (SSSR count). The van der Waals surface area contributed by atoms with Crippen molar-refractivity contribution in [2.24, 2.45) is 0 Å². The average molecular weight is 436 g/mol.